The lowest BCUT2D eigenvalue weighted by molar-refractivity contribution is -0.648. The van der Waals surface area contributed by atoms with Crippen molar-refractivity contribution in [2.75, 3.05) is 0 Å². The molecule has 1 aliphatic heterocycles. The van der Waals surface area contributed by atoms with E-state index in [0.717, 1.165) is 6.54 Å². The minimum absolute atomic E-state index is 0.923. The molecule has 2 aromatic heterocycles. The summed E-state index contributed by atoms with van der Waals surface area (Å²) in [6.45, 7) is 0.923. The second-order valence-electron chi connectivity index (χ2n) is 6.99. The Morgan fingerprint density at radius 3 is 2.42 bits per heavy atom. The van der Waals surface area contributed by atoms with Gasteiger partial charge < -0.3 is 0 Å². The Balaban J connectivity index is 1.83. The van der Waals surface area contributed by atoms with Crippen LogP contribution in [0.4, 0.5) is 0 Å². The summed E-state index contributed by atoms with van der Waals surface area (Å²) in [5.41, 5.74) is 7.76. The maximum atomic E-state index is 2.47. The molecular formula is C23H18N3+. The predicted molar refractivity (Wildman–Crippen MR) is 104 cm³/mol. The molecule has 1 aliphatic rings. The first-order chi connectivity index (χ1) is 12.8. The molecule has 0 atom stereocenters. The highest BCUT2D eigenvalue weighted by atomic mass is 15.2. The third kappa shape index (κ3) is 1.60. The molecule has 6 rings (SSSR count). The summed E-state index contributed by atoms with van der Waals surface area (Å²) in [6.07, 6.45) is 0. The highest BCUT2D eigenvalue weighted by molar-refractivity contribution is 6.06. The zero-order chi connectivity index (χ0) is 17.3. The first-order valence-corrected chi connectivity index (χ1v) is 9.00. The average molecular weight is 336 g/mol. The fourth-order valence-corrected chi connectivity index (χ4v) is 4.54. The van der Waals surface area contributed by atoms with Gasteiger partial charge in [0.25, 0.3) is 5.65 Å². The Morgan fingerprint density at radius 2 is 1.54 bits per heavy atom. The zero-order valence-corrected chi connectivity index (χ0v) is 14.6. The van der Waals surface area contributed by atoms with Gasteiger partial charge in [-0.05, 0) is 30.3 Å². The van der Waals surface area contributed by atoms with Crippen molar-refractivity contribution in [1.29, 1.82) is 0 Å². The summed E-state index contributed by atoms with van der Waals surface area (Å²) in [6, 6.07) is 28.1. The summed E-state index contributed by atoms with van der Waals surface area (Å²) < 4.78 is 7.23. The van der Waals surface area contributed by atoms with E-state index in [9.17, 15) is 0 Å². The third-order valence-corrected chi connectivity index (χ3v) is 5.59. The molecule has 0 aliphatic carbocycles. The van der Waals surface area contributed by atoms with E-state index in [1.807, 2.05) is 0 Å². The molecule has 0 bridgehead atoms. The maximum Gasteiger partial charge on any atom is 0.274 e. The first-order valence-electron chi connectivity index (χ1n) is 9.00. The van der Waals surface area contributed by atoms with E-state index in [1.54, 1.807) is 0 Å². The van der Waals surface area contributed by atoms with Crippen LogP contribution in [0.3, 0.4) is 0 Å². The van der Waals surface area contributed by atoms with Gasteiger partial charge in [-0.3, -0.25) is 4.57 Å². The van der Waals surface area contributed by atoms with Crippen LogP contribution in [0.5, 0.6) is 0 Å². The van der Waals surface area contributed by atoms with Gasteiger partial charge >= 0.3 is 0 Å². The van der Waals surface area contributed by atoms with Crippen LogP contribution in [0.2, 0.25) is 0 Å². The standard InChI is InChI=1S/C23H18N3/c1-24-21-19-13-7-8-14-20(19)26(17-10-3-2-4-11-17)23(21)25-15-16-9-5-6-12-18(16)22(24)25/h2-14H,15H2,1H3/q+1. The lowest BCUT2D eigenvalue weighted by atomic mass is 10.1. The summed E-state index contributed by atoms with van der Waals surface area (Å²) in [4.78, 5) is 0. The van der Waals surface area contributed by atoms with Crippen LogP contribution in [0.25, 0.3) is 39.1 Å². The molecule has 5 aromatic rings. The highest BCUT2D eigenvalue weighted by Gasteiger charge is 2.35. The molecule has 0 fully saturated rings. The number of benzene rings is 3. The van der Waals surface area contributed by atoms with Crippen LogP contribution in [0.1, 0.15) is 5.56 Å². The monoisotopic (exact) mass is 336 g/mol. The fourth-order valence-electron chi connectivity index (χ4n) is 4.54. The van der Waals surface area contributed by atoms with Gasteiger partial charge in [-0.25, -0.2) is 9.13 Å². The van der Waals surface area contributed by atoms with Crippen LogP contribution in [-0.4, -0.2) is 9.13 Å². The van der Waals surface area contributed by atoms with Gasteiger partial charge in [0.2, 0.25) is 5.82 Å². The summed E-state index contributed by atoms with van der Waals surface area (Å²) in [7, 11) is 2.19. The van der Waals surface area contributed by atoms with Gasteiger partial charge in [-0.15, -0.1) is 0 Å². The SMILES string of the molecule is Cn1c2[n+](c3c1c1ccccc1n3-c1ccccc1)Cc1ccccc1-2. The van der Waals surface area contributed by atoms with Crippen molar-refractivity contribution < 1.29 is 4.57 Å². The summed E-state index contributed by atoms with van der Waals surface area (Å²) in [5.74, 6) is 1.29. The normalized spacial score (nSPS) is 12.7. The topological polar surface area (TPSA) is 13.7 Å². The molecule has 0 unspecified atom stereocenters. The van der Waals surface area contributed by atoms with Crippen LogP contribution < -0.4 is 4.57 Å². The number of imidazole rings is 1. The van der Waals surface area contributed by atoms with E-state index in [-0.39, 0.29) is 0 Å². The Labute approximate surface area is 151 Å². The smallest absolute Gasteiger partial charge is 0.255 e. The van der Waals surface area contributed by atoms with E-state index in [4.69, 9.17) is 0 Å². The first kappa shape index (κ1) is 13.9. The van der Waals surface area contributed by atoms with Crippen LogP contribution in [0.15, 0.2) is 78.9 Å². The van der Waals surface area contributed by atoms with Crippen molar-refractivity contribution >= 4 is 22.1 Å². The minimum atomic E-state index is 0.923. The van der Waals surface area contributed by atoms with Crippen LogP contribution >= 0.6 is 0 Å². The second kappa shape index (κ2) is 4.85. The van der Waals surface area contributed by atoms with Crippen LogP contribution in [-0.2, 0) is 13.6 Å². The molecule has 3 aromatic carbocycles. The van der Waals surface area contributed by atoms with Crippen molar-refractivity contribution in [3.63, 3.8) is 0 Å². The summed E-state index contributed by atoms with van der Waals surface area (Å²) >= 11 is 0. The number of aromatic nitrogens is 3. The van der Waals surface area contributed by atoms with Crippen LogP contribution in [0, 0.1) is 0 Å². The molecule has 3 heteroatoms. The molecule has 0 radical (unpaired) electrons. The largest absolute Gasteiger partial charge is 0.274 e. The fraction of sp³-hybridized carbons (Fsp3) is 0.0870. The maximum absolute atomic E-state index is 2.47. The predicted octanol–water partition coefficient (Wildman–Crippen LogP) is 4.44. The molecule has 26 heavy (non-hydrogen) atoms. The highest BCUT2D eigenvalue weighted by Crippen LogP contribution is 2.36. The van der Waals surface area contributed by atoms with Crippen molar-refractivity contribution in [3.05, 3.63) is 84.4 Å². The number of nitrogens with zero attached hydrogens (tertiary/aromatic N) is 3. The molecule has 3 heterocycles. The van der Waals surface area contributed by atoms with E-state index in [1.165, 1.54) is 44.7 Å². The van der Waals surface area contributed by atoms with Crippen molar-refractivity contribution in [2.45, 2.75) is 6.54 Å². The van der Waals surface area contributed by atoms with Gasteiger partial charge in [-0.2, -0.15) is 0 Å². The average Bonchev–Trinajstić information content (AvgIpc) is 3.31. The van der Waals surface area contributed by atoms with Gasteiger partial charge in [-0.1, -0.05) is 48.5 Å². The van der Waals surface area contributed by atoms with Crippen molar-refractivity contribution in [1.82, 2.24) is 9.13 Å². The second-order valence-corrected chi connectivity index (χ2v) is 6.99. The lowest BCUT2D eigenvalue weighted by Gasteiger charge is -2.03. The van der Waals surface area contributed by atoms with Crippen molar-refractivity contribution in [2.24, 2.45) is 7.05 Å². The number of para-hydroxylation sites is 2. The Bertz CT molecular complexity index is 1310. The molecule has 0 saturated carbocycles. The van der Waals surface area contributed by atoms with E-state index >= 15 is 0 Å². The number of aryl methyl sites for hydroxylation is 1. The lowest BCUT2D eigenvalue weighted by Crippen LogP contribution is -2.33. The number of fused-ring (bicyclic) bond motifs is 7. The molecule has 0 N–H and O–H groups in total. The molecular weight excluding hydrogens is 318 g/mol. The molecule has 3 nitrogen and oxygen atoms in total. The van der Waals surface area contributed by atoms with E-state index in [0.29, 0.717) is 0 Å². The number of hydrogen-bond donors (Lipinski definition) is 0. The van der Waals surface area contributed by atoms with Gasteiger partial charge in [0.15, 0.2) is 5.52 Å². The Morgan fingerprint density at radius 1 is 0.808 bits per heavy atom. The Hall–Kier alpha value is -3.33. The molecule has 0 amide bonds. The molecule has 0 spiro atoms. The quantitative estimate of drug-likeness (QED) is 0.394. The zero-order valence-electron chi connectivity index (χ0n) is 14.6. The number of hydrogen-bond acceptors (Lipinski definition) is 0. The molecule has 124 valence electrons. The van der Waals surface area contributed by atoms with Gasteiger partial charge in [0, 0.05) is 5.56 Å². The summed E-state index contributed by atoms with van der Waals surface area (Å²) in [5, 5.41) is 1.30. The minimum Gasteiger partial charge on any atom is -0.255 e. The Kier molecular flexibility index (Phi) is 2.60. The van der Waals surface area contributed by atoms with E-state index in [2.05, 4.69) is 99.6 Å². The number of rotatable bonds is 1. The van der Waals surface area contributed by atoms with E-state index < -0.39 is 0 Å². The van der Waals surface area contributed by atoms with Crippen molar-refractivity contribution in [3.8, 4) is 17.1 Å². The van der Waals surface area contributed by atoms with Gasteiger partial charge in [0.05, 0.1) is 24.5 Å². The van der Waals surface area contributed by atoms with Gasteiger partial charge in [0.1, 0.15) is 11.2 Å². The third-order valence-electron chi connectivity index (χ3n) is 5.59. The molecule has 0 saturated heterocycles.